The Labute approximate surface area is 227 Å². The van der Waals surface area contributed by atoms with Crippen molar-refractivity contribution in [3.63, 3.8) is 0 Å². The Morgan fingerprint density at radius 2 is 2.05 bits per heavy atom. The predicted molar refractivity (Wildman–Crippen MR) is 142 cm³/mol. The molecule has 0 spiro atoms. The van der Waals surface area contributed by atoms with Gasteiger partial charge in [0.2, 0.25) is 5.91 Å². The van der Waals surface area contributed by atoms with Crippen LogP contribution in [0.1, 0.15) is 41.0 Å². The first-order chi connectivity index (χ1) is 18.0. The van der Waals surface area contributed by atoms with Crippen molar-refractivity contribution in [2.45, 2.75) is 65.5 Å². The second kappa shape index (κ2) is 11.8. The third-order valence-corrected chi connectivity index (χ3v) is 6.46. The van der Waals surface area contributed by atoms with Gasteiger partial charge < -0.3 is 29.2 Å². The molecule has 0 aliphatic carbocycles. The van der Waals surface area contributed by atoms with Crippen molar-refractivity contribution >= 4 is 29.2 Å². The van der Waals surface area contributed by atoms with Crippen LogP contribution < -0.4 is 14.8 Å². The SMILES string of the molecule is CCOc1cccc(OC2=CC(=O)N([C@@H](CC(C)C)C(=O)Nc3ccn(C[C@@H]4COC(C)(C)O4)n3)C2)c1Cl. The van der Waals surface area contributed by atoms with E-state index in [0.717, 1.165) is 0 Å². The van der Waals surface area contributed by atoms with Crippen molar-refractivity contribution in [1.29, 1.82) is 0 Å². The summed E-state index contributed by atoms with van der Waals surface area (Å²) in [5.74, 6) is 0.621. The van der Waals surface area contributed by atoms with Gasteiger partial charge in [-0.2, -0.15) is 5.10 Å². The molecule has 10 nitrogen and oxygen atoms in total. The number of aromatic nitrogens is 2. The molecule has 206 valence electrons. The zero-order valence-electron chi connectivity index (χ0n) is 22.4. The lowest BCUT2D eigenvalue weighted by molar-refractivity contribution is -0.139. The molecule has 2 aromatic rings. The van der Waals surface area contributed by atoms with Gasteiger partial charge in [-0.3, -0.25) is 14.3 Å². The highest BCUT2D eigenvalue weighted by Crippen LogP contribution is 2.35. The largest absolute Gasteiger partial charge is 0.492 e. The summed E-state index contributed by atoms with van der Waals surface area (Å²) in [5, 5.41) is 7.64. The Morgan fingerprint density at radius 1 is 1.29 bits per heavy atom. The maximum atomic E-state index is 13.4. The minimum Gasteiger partial charge on any atom is -0.492 e. The van der Waals surface area contributed by atoms with E-state index in [4.69, 9.17) is 30.5 Å². The van der Waals surface area contributed by atoms with E-state index >= 15 is 0 Å². The van der Waals surface area contributed by atoms with E-state index in [0.29, 0.717) is 54.3 Å². The van der Waals surface area contributed by atoms with Gasteiger partial charge in [-0.15, -0.1) is 0 Å². The average molecular weight is 547 g/mol. The first-order valence-electron chi connectivity index (χ1n) is 12.8. The number of hydrogen-bond acceptors (Lipinski definition) is 7. The normalized spacial score (nSPS) is 19.6. The molecule has 1 aromatic heterocycles. The first-order valence-corrected chi connectivity index (χ1v) is 13.2. The van der Waals surface area contributed by atoms with Crippen molar-refractivity contribution in [1.82, 2.24) is 14.7 Å². The summed E-state index contributed by atoms with van der Waals surface area (Å²) in [6, 6.07) is 6.23. The smallest absolute Gasteiger partial charge is 0.251 e. The van der Waals surface area contributed by atoms with Gasteiger partial charge >= 0.3 is 0 Å². The summed E-state index contributed by atoms with van der Waals surface area (Å²) in [4.78, 5) is 27.8. The highest BCUT2D eigenvalue weighted by atomic mass is 35.5. The minimum absolute atomic E-state index is 0.128. The zero-order chi connectivity index (χ0) is 27.4. The van der Waals surface area contributed by atoms with Crippen LogP contribution in [0.4, 0.5) is 5.82 Å². The lowest BCUT2D eigenvalue weighted by Gasteiger charge is -2.28. The number of nitrogens with zero attached hydrogens (tertiary/aromatic N) is 3. The van der Waals surface area contributed by atoms with E-state index < -0.39 is 11.8 Å². The molecule has 1 saturated heterocycles. The molecule has 1 aromatic carbocycles. The van der Waals surface area contributed by atoms with Crippen molar-refractivity contribution in [3.05, 3.63) is 47.3 Å². The predicted octanol–water partition coefficient (Wildman–Crippen LogP) is 4.25. The molecule has 1 fully saturated rings. The third-order valence-electron chi connectivity index (χ3n) is 6.09. The number of ether oxygens (including phenoxy) is 4. The molecule has 0 radical (unpaired) electrons. The van der Waals surface area contributed by atoms with E-state index in [-0.39, 0.29) is 30.4 Å². The lowest BCUT2D eigenvalue weighted by Crippen LogP contribution is -2.46. The Kier molecular flexibility index (Phi) is 8.64. The molecule has 1 N–H and O–H groups in total. The van der Waals surface area contributed by atoms with Crippen LogP contribution in [0.25, 0.3) is 0 Å². The van der Waals surface area contributed by atoms with E-state index in [1.165, 1.54) is 11.0 Å². The van der Waals surface area contributed by atoms with Crippen LogP contribution in [-0.4, -0.2) is 64.2 Å². The highest BCUT2D eigenvalue weighted by Gasteiger charge is 2.36. The van der Waals surface area contributed by atoms with Crippen LogP contribution in [0.3, 0.4) is 0 Å². The van der Waals surface area contributed by atoms with Crippen LogP contribution in [0, 0.1) is 5.92 Å². The molecule has 11 heteroatoms. The summed E-state index contributed by atoms with van der Waals surface area (Å²) in [7, 11) is 0. The summed E-state index contributed by atoms with van der Waals surface area (Å²) >= 11 is 6.42. The van der Waals surface area contributed by atoms with Crippen LogP contribution >= 0.6 is 11.6 Å². The minimum atomic E-state index is -0.706. The number of rotatable bonds is 11. The number of nitrogens with one attached hydrogen (secondary N) is 1. The fraction of sp³-hybridized carbons (Fsp3) is 0.519. The molecule has 2 aliphatic rings. The Morgan fingerprint density at radius 3 is 2.74 bits per heavy atom. The molecule has 38 heavy (non-hydrogen) atoms. The standard InChI is InChI=1S/C27H35ClN4O6/c1-6-35-21-8-7-9-22(25(21)28)37-18-13-24(33)32(15-18)20(12-17(2)3)26(34)29-23-10-11-31(30-23)14-19-16-36-27(4,5)38-19/h7-11,13,17,19-20H,6,12,14-16H2,1-5H3,(H,29,30,34)/t19-,20+/m1/s1. The van der Waals surface area contributed by atoms with Gasteiger partial charge in [0.25, 0.3) is 5.91 Å². The third kappa shape index (κ3) is 6.86. The van der Waals surface area contributed by atoms with Gasteiger partial charge in [-0.1, -0.05) is 31.5 Å². The number of halogens is 1. The van der Waals surface area contributed by atoms with Crippen LogP contribution in [0.15, 0.2) is 42.3 Å². The zero-order valence-corrected chi connectivity index (χ0v) is 23.2. The topological polar surface area (TPSA) is 104 Å². The van der Waals surface area contributed by atoms with Gasteiger partial charge in [0.1, 0.15) is 34.4 Å². The Hall–Kier alpha value is -3.08. The summed E-state index contributed by atoms with van der Waals surface area (Å²) in [5.41, 5.74) is 0. The Bertz CT molecular complexity index is 1190. The van der Waals surface area contributed by atoms with Gasteiger partial charge in [0, 0.05) is 18.3 Å². The van der Waals surface area contributed by atoms with Crippen molar-refractivity contribution in [3.8, 4) is 11.5 Å². The lowest BCUT2D eigenvalue weighted by atomic mass is 10.0. The van der Waals surface area contributed by atoms with Crippen molar-refractivity contribution in [2.24, 2.45) is 5.92 Å². The fourth-order valence-electron chi connectivity index (χ4n) is 4.44. The molecular weight excluding hydrogens is 512 g/mol. The number of hydrogen-bond donors (Lipinski definition) is 1. The molecule has 3 heterocycles. The summed E-state index contributed by atoms with van der Waals surface area (Å²) in [6.07, 6.45) is 3.51. The molecule has 0 saturated carbocycles. The van der Waals surface area contributed by atoms with Crippen molar-refractivity contribution in [2.75, 3.05) is 25.1 Å². The number of benzene rings is 1. The van der Waals surface area contributed by atoms with Gasteiger partial charge in [-0.25, -0.2) is 0 Å². The quantitative estimate of drug-likeness (QED) is 0.449. The number of anilines is 1. The van der Waals surface area contributed by atoms with Gasteiger partial charge in [0.05, 0.1) is 26.3 Å². The molecule has 2 amide bonds. The Balaban J connectivity index is 1.40. The number of amides is 2. The van der Waals surface area contributed by atoms with Gasteiger partial charge in [0.15, 0.2) is 11.6 Å². The summed E-state index contributed by atoms with van der Waals surface area (Å²) in [6.45, 7) is 11.2. The van der Waals surface area contributed by atoms with E-state index in [9.17, 15) is 9.59 Å². The number of carbonyl (C=O) groups excluding carboxylic acids is 2. The number of carbonyl (C=O) groups is 2. The van der Waals surface area contributed by atoms with E-state index in [1.54, 1.807) is 35.1 Å². The first kappa shape index (κ1) is 27.9. The van der Waals surface area contributed by atoms with Crippen LogP contribution in [0.2, 0.25) is 5.02 Å². The fourth-order valence-corrected chi connectivity index (χ4v) is 4.66. The summed E-state index contributed by atoms with van der Waals surface area (Å²) < 4.78 is 24.6. The highest BCUT2D eigenvalue weighted by molar-refractivity contribution is 6.33. The molecule has 0 unspecified atom stereocenters. The average Bonchev–Trinajstić information content (AvgIpc) is 3.53. The monoisotopic (exact) mass is 546 g/mol. The van der Waals surface area contributed by atoms with Crippen molar-refractivity contribution < 1.29 is 28.5 Å². The van der Waals surface area contributed by atoms with Crippen LogP contribution in [-0.2, 0) is 25.6 Å². The molecule has 2 aliphatic heterocycles. The molecule has 4 rings (SSSR count). The second-order valence-corrected chi connectivity index (χ2v) is 10.6. The van der Waals surface area contributed by atoms with Gasteiger partial charge in [-0.05, 0) is 45.2 Å². The van der Waals surface area contributed by atoms with E-state index in [2.05, 4.69) is 10.4 Å². The second-order valence-electron chi connectivity index (χ2n) is 10.2. The van der Waals surface area contributed by atoms with E-state index in [1.807, 2.05) is 34.6 Å². The molecule has 0 bridgehead atoms. The molecule has 2 atom stereocenters. The maximum absolute atomic E-state index is 13.4. The maximum Gasteiger partial charge on any atom is 0.251 e. The molecular formula is C27H35ClN4O6. The van der Waals surface area contributed by atoms with Crippen LogP contribution in [0.5, 0.6) is 11.5 Å².